The van der Waals surface area contributed by atoms with Crippen molar-refractivity contribution in [3.8, 4) is 0 Å². The van der Waals surface area contributed by atoms with Gasteiger partial charge in [0.2, 0.25) is 0 Å². The lowest BCUT2D eigenvalue weighted by atomic mass is 10.2. The molecule has 8 heteroatoms. The van der Waals surface area contributed by atoms with Gasteiger partial charge in [0.15, 0.2) is 11.6 Å². The Morgan fingerprint density at radius 3 is 2.28 bits per heavy atom. The van der Waals surface area contributed by atoms with E-state index in [1.807, 2.05) is 19.1 Å². The number of rotatable bonds is 4. The Kier molecular flexibility index (Phi) is 5.18. The van der Waals surface area contributed by atoms with Crippen molar-refractivity contribution in [1.82, 2.24) is 9.97 Å². The summed E-state index contributed by atoms with van der Waals surface area (Å²) in [4.78, 5) is 8.38. The van der Waals surface area contributed by atoms with Gasteiger partial charge in [-0.25, -0.2) is 9.97 Å². The molecule has 0 bridgehead atoms. The molecule has 1 aromatic heterocycles. The van der Waals surface area contributed by atoms with Crippen LogP contribution in [0, 0.1) is 6.92 Å². The highest BCUT2D eigenvalue weighted by Gasteiger charge is 2.10. The highest BCUT2D eigenvalue weighted by molar-refractivity contribution is 6.42. The predicted octanol–water partition coefficient (Wildman–Crippen LogP) is 5.81. The molecule has 3 aromatic rings. The zero-order chi connectivity index (χ0) is 18.0. The number of nitrogens with zero attached hydrogens (tertiary/aromatic N) is 2. The fraction of sp³-hybridized carbons (Fsp3) is 0.0588. The molecule has 25 heavy (non-hydrogen) atoms. The summed E-state index contributed by atoms with van der Waals surface area (Å²) in [6.07, 6.45) is 1.42. The second-order valence-corrected chi connectivity index (χ2v) is 6.57. The number of halogens is 3. The lowest BCUT2D eigenvalue weighted by Crippen LogP contribution is -2.05. The molecule has 0 spiro atoms. The molecular weight excluding hydrogens is 381 g/mol. The van der Waals surface area contributed by atoms with Crippen molar-refractivity contribution >= 4 is 63.5 Å². The molecule has 5 nitrogen and oxygen atoms in total. The number of benzene rings is 2. The first kappa shape index (κ1) is 17.6. The van der Waals surface area contributed by atoms with Gasteiger partial charge >= 0.3 is 0 Å². The van der Waals surface area contributed by atoms with Gasteiger partial charge in [-0.1, -0.05) is 34.8 Å². The summed E-state index contributed by atoms with van der Waals surface area (Å²) in [7, 11) is 0. The van der Waals surface area contributed by atoms with Crippen molar-refractivity contribution in [1.29, 1.82) is 0 Å². The first-order valence-corrected chi connectivity index (χ1v) is 8.43. The molecule has 3 rings (SSSR count). The van der Waals surface area contributed by atoms with Crippen LogP contribution in [0.1, 0.15) is 5.56 Å². The molecule has 0 radical (unpaired) electrons. The number of aromatic nitrogens is 2. The van der Waals surface area contributed by atoms with Crippen LogP contribution >= 0.6 is 34.8 Å². The van der Waals surface area contributed by atoms with E-state index < -0.39 is 0 Å². The molecule has 0 aliphatic carbocycles. The number of hydrogen-bond acceptors (Lipinski definition) is 5. The van der Waals surface area contributed by atoms with Gasteiger partial charge in [-0.15, -0.1) is 0 Å². The van der Waals surface area contributed by atoms with Gasteiger partial charge in [0.1, 0.15) is 12.0 Å². The van der Waals surface area contributed by atoms with Crippen LogP contribution in [0.25, 0.3) is 0 Å². The van der Waals surface area contributed by atoms with E-state index in [1.165, 1.54) is 6.33 Å². The Labute approximate surface area is 160 Å². The number of anilines is 5. The first-order chi connectivity index (χ1) is 11.9. The Morgan fingerprint density at radius 2 is 1.60 bits per heavy atom. The number of nitrogens with two attached hydrogens (primary N) is 1. The molecule has 2 aromatic carbocycles. The average molecular weight is 395 g/mol. The minimum absolute atomic E-state index is 0.378. The number of nitrogens with one attached hydrogen (secondary N) is 2. The summed E-state index contributed by atoms with van der Waals surface area (Å²) >= 11 is 17.9. The fourth-order valence-electron chi connectivity index (χ4n) is 2.20. The zero-order valence-electron chi connectivity index (χ0n) is 13.1. The second-order valence-electron chi connectivity index (χ2n) is 5.32. The third-order valence-electron chi connectivity index (χ3n) is 3.51. The normalized spacial score (nSPS) is 10.6. The molecule has 0 aliphatic rings. The van der Waals surface area contributed by atoms with E-state index >= 15 is 0 Å². The van der Waals surface area contributed by atoms with Crippen LogP contribution in [-0.4, -0.2) is 9.97 Å². The van der Waals surface area contributed by atoms with E-state index in [9.17, 15) is 0 Å². The maximum Gasteiger partial charge on any atom is 0.159 e. The fourth-order valence-corrected chi connectivity index (χ4v) is 2.73. The SMILES string of the molecule is Cc1cc(Cl)ccc1Nc1ncnc(Nc2ccc(Cl)c(Cl)c2)c1N. The summed E-state index contributed by atoms with van der Waals surface area (Å²) in [6, 6.07) is 10.7. The molecule has 0 saturated carbocycles. The van der Waals surface area contributed by atoms with Gasteiger partial charge in [0.05, 0.1) is 10.0 Å². The Hall–Kier alpha value is -2.21. The molecule has 0 atom stereocenters. The molecule has 0 fully saturated rings. The van der Waals surface area contributed by atoms with Crippen molar-refractivity contribution in [2.45, 2.75) is 6.92 Å². The Bertz CT molecular complexity index is 930. The first-order valence-electron chi connectivity index (χ1n) is 7.30. The van der Waals surface area contributed by atoms with E-state index in [4.69, 9.17) is 40.5 Å². The molecule has 4 N–H and O–H groups in total. The predicted molar refractivity (Wildman–Crippen MR) is 106 cm³/mol. The molecule has 128 valence electrons. The number of hydrogen-bond donors (Lipinski definition) is 3. The van der Waals surface area contributed by atoms with Gasteiger partial charge in [-0.3, -0.25) is 0 Å². The smallest absolute Gasteiger partial charge is 0.159 e. The third-order valence-corrected chi connectivity index (χ3v) is 4.48. The van der Waals surface area contributed by atoms with Crippen LogP contribution in [0.4, 0.5) is 28.7 Å². The van der Waals surface area contributed by atoms with Crippen molar-refractivity contribution in [3.63, 3.8) is 0 Å². The van der Waals surface area contributed by atoms with Gasteiger partial charge in [-0.05, 0) is 48.9 Å². The molecule has 0 aliphatic heterocycles. The maximum atomic E-state index is 6.19. The molecule has 0 saturated heterocycles. The van der Waals surface area contributed by atoms with Gasteiger partial charge in [-0.2, -0.15) is 0 Å². The summed E-state index contributed by atoms with van der Waals surface area (Å²) < 4.78 is 0. The maximum absolute atomic E-state index is 6.19. The van der Waals surface area contributed by atoms with Crippen LogP contribution in [0.15, 0.2) is 42.7 Å². The third kappa shape index (κ3) is 4.07. The van der Waals surface area contributed by atoms with Crippen LogP contribution < -0.4 is 16.4 Å². The standard InChI is InChI=1S/C17H14Cl3N5/c1-9-6-10(18)2-5-14(9)25-17-15(21)16(22-8-23-17)24-11-3-4-12(19)13(20)7-11/h2-8H,21H2,1H3,(H2,22,23,24,25). The summed E-state index contributed by atoms with van der Waals surface area (Å²) in [5.74, 6) is 0.950. The second kappa shape index (κ2) is 7.35. The Morgan fingerprint density at radius 1 is 0.880 bits per heavy atom. The minimum Gasteiger partial charge on any atom is -0.393 e. The van der Waals surface area contributed by atoms with E-state index in [2.05, 4.69) is 20.6 Å². The topological polar surface area (TPSA) is 75.9 Å². The van der Waals surface area contributed by atoms with Gasteiger partial charge < -0.3 is 16.4 Å². The highest BCUT2D eigenvalue weighted by atomic mass is 35.5. The van der Waals surface area contributed by atoms with Gasteiger partial charge in [0.25, 0.3) is 0 Å². The van der Waals surface area contributed by atoms with Crippen LogP contribution in [0.3, 0.4) is 0 Å². The van der Waals surface area contributed by atoms with E-state index in [-0.39, 0.29) is 0 Å². The number of nitrogen functional groups attached to an aromatic ring is 1. The monoisotopic (exact) mass is 393 g/mol. The van der Waals surface area contributed by atoms with Crippen LogP contribution in [0.5, 0.6) is 0 Å². The largest absolute Gasteiger partial charge is 0.393 e. The lowest BCUT2D eigenvalue weighted by Gasteiger charge is -2.14. The van der Waals surface area contributed by atoms with Crippen molar-refractivity contribution in [2.75, 3.05) is 16.4 Å². The average Bonchev–Trinajstić information content (AvgIpc) is 2.57. The lowest BCUT2D eigenvalue weighted by molar-refractivity contribution is 1.17. The minimum atomic E-state index is 0.378. The van der Waals surface area contributed by atoms with Crippen LogP contribution in [-0.2, 0) is 0 Å². The zero-order valence-corrected chi connectivity index (χ0v) is 15.4. The van der Waals surface area contributed by atoms with E-state index in [0.29, 0.717) is 38.1 Å². The van der Waals surface area contributed by atoms with E-state index in [1.54, 1.807) is 24.3 Å². The molecule has 1 heterocycles. The van der Waals surface area contributed by atoms with Crippen molar-refractivity contribution in [3.05, 3.63) is 63.4 Å². The quantitative estimate of drug-likeness (QED) is 0.520. The highest BCUT2D eigenvalue weighted by Crippen LogP contribution is 2.31. The molecular formula is C17H14Cl3N5. The Balaban J connectivity index is 1.87. The number of aryl methyl sites for hydroxylation is 1. The summed E-state index contributed by atoms with van der Waals surface area (Å²) in [5, 5.41) is 7.88. The molecule has 0 unspecified atom stereocenters. The molecule has 0 amide bonds. The summed E-state index contributed by atoms with van der Waals surface area (Å²) in [5.41, 5.74) is 9.12. The van der Waals surface area contributed by atoms with E-state index in [0.717, 1.165) is 11.3 Å². The van der Waals surface area contributed by atoms with Gasteiger partial charge in [0, 0.05) is 16.4 Å². The van der Waals surface area contributed by atoms with Crippen molar-refractivity contribution < 1.29 is 0 Å². The summed E-state index contributed by atoms with van der Waals surface area (Å²) in [6.45, 7) is 1.94. The van der Waals surface area contributed by atoms with Crippen LogP contribution in [0.2, 0.25) is 15.1 Å². The van der Waals surface area contributed by atoms with Crippen molar-refractivity contribution in [2.24, 2.45) is 0 Å².